The SMILES string of the molecule is [N-]=[N+]=N[C@@H]1[C@@H](OC(=O)P(O)O)O[C@@H](n2ccc(N)nc2=O)[C@@H]1O. The highest BCUT2D eigenvalue weighted by atomic mass is 31.2. The van der Waals surface area contributed by atoms with E-state index in [0.717, 1.165) is 4.57 Å². The summed E-state index contributed by atoms with van der Waals surface area (Å²) in [7, 11) is -3.05. The van der Waals surface area contributed by atoms with E-state index in [1.54, 1.807) is 0 Å². The summed E-state index contributed by atoms with van der Waals surface area (Å²) in [5.74, 6) is -0.0560. The molecule has 0 unspecified atom stereocenters. The Balaban J connectivity index is 2.31. The summed E-state index contributed by atoms with van der Waals surface area (Å²) in [6, 6.07) is -0.145. The molecule has 124 valence electrons. The van der Waals surface area contributed by atoms with E-state index in [2.05, 4.69) is 19.7 Å². The maximum absolute atomic E-state index is 11.8. The van der Waals surface area contributed by atoms with Crippen molar-refractivity contribution in [2.24, 2.45) is 5.11 Å². The van der Waals surface area contributed by atoms with Gasteiger partial charge in [-0.15, -0.1) is 0 Å². The first-order chi connectivity index (χ1) is 10.8. The standard InChI is InChI=1S/C9H11N6O7P/c10-3-1-2-15(8(17)12-3)6-5(16)4(13-14-11)7(21-6)22-9(18)23(19)20/h1-2,4-7,16,19-20H,(H2,10,12,17)/t4-,5+,6+,7+/m0/s1. The Kier molecular flexibility index (Phi) is 5.11. The van der Waals surface area contributed by atoms with E-state index in [9.17, 15) is 14.7 Å². The summed E-state index contributed by atoms with van der Waals surface area (Å²) >= 11 is 0. The molecule has 13 nitrogen and oxygen atoms in total. The molecule has 5 N–H and O–H groups in total. The number of hydrogen-bond donors (Lipinski definition) is 4. The predicted octanol–water partition coefficient (Wildman–Crippen LogP) is -0.847. The number of aliphatic hydroxyl groups excluding tert-OH is 1. The fourth-order valence-electron chi connectivity index (χ4n) is 1.90. The predicted molar refractivity (Wildman–Crippen MR) is 73.6 cm³/mol. The molecule has 0 aromatic carbocycles. The third-order valence-electron chi connectivity index (χ3n) is 2.89. The second-order valence-electron chi connectivity index (χ2n) is 4.30. The van der Waals surface area contributed by atoms with Gasteiger partial charge < -0.3 is 30.1 Å². The fourth-order valence-corrected chi connectivity index (χ4v) is 2.10. The molecule has 0 spiro atoms. The first-order valence-corrected chi connectivity index (χ1v) is 7.20. The van der Waals surface area contributed by atoms with Crippen LogP contribution in [0.25, 0.3) is 10.4 Å². The van der Waals surface area contributed by atoms with Gasteiger partial charge in [0.05, 0.1) is 0 Å². The normalized spacial score (nSPS) is 26.8. The number of azide groups is 1. The lowest BCUT2D eigenvalue weighted by Gasteiger charge is -2.16. The molecule has 0 aliphatic carbocycles. The van der Waals surface area contributed by atoms with Crippen LogP contribution in [0.4, 0.5) is 10.6 Å². The highest BCUT2D eigenvalue weighted by molar-refractivity contribution is 7.63. The number of carbonyl (C=O) groups is 1. The summed E-state index contributed by atoms with van der Waals surface area (Å²) in [5.41, 5.74) is 11.6. The molecule has 1 aliphatic rings. The second kappa shape index (κ2) is 6.87. The van der Waals surface area contributed by atoms with Crippen LogP contribution in [0.2, 0.25) is 0 Å². The van der Waals surface area contributed by atoms with Crippen molar-refractivity contribution in [2.75, 3.05) is 5.73 Å². The summed E-state index contributed by atoms with van der Waals surface area (Å²) in [4.78, 5) is 46.5. The number of hydrogen-bond acceptors (Lipinski definition) is 10. The van der Waals surface area contributed by atoms with Crippen LogP contribution in [0.5, 0.6) is 0 Å². The van der Waals surface area contributed by atoms with Gasteiger partial charge in [-0.2, -0.15) is 4.98 Å². The van der Waals surface area contributed by atoms with Crippen molar-refractivity contribution in [3.8, 4) is 0 Å². The van der Waals surface area contributed by atoms with E-state index in [-0.39, 0.29) is 5.82 Å². The van der Waals surface area contributed by atoms with Crippen LogP contribution in [0.1, 0.15) is 6.23 Å². The first-order valence-electron chi connectivity index (χ1n) is 5.96. The Morgan fingerprint density at radius 3 is 2.87 bits per heavy atom. The zero-order valence-electron chi connectivity index (χ0n) is 11.2. The van der Waals surface area contributed by atoms with Crippen LogP contribution in [0, 0.1) is 0 Å². The molecule has 1 saturated heterocycles. The fraction of sp³-hybridized carbons (Fsp3) is 0.444. The van der Waals surface area contributed by atoms with E-state index >= 15 is 0 Å². The molecule has 1 aromatic rings. The monoisotopic (exact) mass is 346 g/mol. The zero-order chi connectivity index (χ0) is 17.1. The molecule has 0 amide bonds. The highest BCUT2D eigenvalue weighted by Gasteiger charge is 2.47. The molecule has 2 rings (SSSR count). The van der Waals surface area contributed by atoms with Gasteiger partial charge in [-0.25, -0.2) is 9.59 Å². The molecule has 1 fully saturated rings. The molecule has 0 saturated carbocycles. The van der Waals surface area contributed by atoms with Crippen LogP contribution < -0.4 is 11.4 Å². The van der Waals surface area contributed by atoms with Crippen LogP contribution in [-0.4, -0.2) is 48.6 Å². The van der Waals surface area contributed by atoms with Gasteiger partial charge in [0.15, 0.2) is 6.23 Å². The van der Waals surface area contributed by atoms with Gasteiger partial charge >= 0.3 is 11.4 Å². The average molecular weight is 346 g/mol. The van der Waals surface area contributed by atoms with Gasteiger partial charge in [0.1, 0.15) is 18.0 Å². The van der Waals surface area contributed by atoms with Gasteiger partial charge in [-0.1, -0.05) is 5.11 Å². The van der Waals surface area contributed by atoms with E-state index in [1.807, 2.05) is 0 Å². The number of nitrogens with two attached hydrogens (primary N) is 1. The number of anilines is 1. The lowest BCUT2D eigenvalue weighted by atomic mass is 10.2. The Morgan fingerprint density at radius 1 is 1.61 bits per heavy atom. The van der Waals surface area contributed by atoms with Crippen LogP contribution >= 0.6 is 8.38 Å². The molecule has 14 heteroatoms. The van der Waals surface area contributed by atoms with E-state index in [1.165, 1.54) is 12.3 Å². The maximum atomic E-state index is 11.8. The quantitative estimate of drug-likeness (QED) is 0.231. The van der Waals surface area contributed by atoms with E-state index in [4.69, 9.17) is 25.8 Å². The number of aliphatic hydroxyl groups is 1. The molecular formula is C9H11N6O7P. The first kappa shape index (κ1) is 17.1. The maximum Gasteiger partial charge on any atom is 0.385 e. The number of carbonyl (C=O) groups excluding carboxylic acids is 1. The molecule has 0 bridgehead atoms. The van der Waals surface area contributed by atoms with Gasteiger partial charge in [-0.3, -0.25) is 4.57 Å². The number of ether oxygens (including phenoxy) is 2. The number of rotatable bonds is 4. The largest absolute Gasteiger partial charge is 0.428 e. The van der Waals surface area contributed by atoms with Crippen molar-refractivity contribution in [2.45, 2.75) is 24.7 Å². The van der Waals surface area contributed by atoms with Gasteiger partial charge in [0.25, 0.3) is 8.38 Å². The third kappa shape index (κ3) is 3.56. The molecule has 23 heavy (non-hydrogen) atoms. The van der Waals surface area contributed by atoms with Crippen molar-refractivity contribution < 1.29 is 29.2 Å². The van der Waals surface area contributed by atoms with Crippen molar-refractivity contribution in [3.63, 3.8) is 0 Å². The summed E-state index contributed by atoms with van der Waals surface area (Å²) in [6.45, 7) is 0. The Hall–Kier alpha value is -2.27. The molecule has 1 aromatic heterocycles. The summed E-state index contributed by atoms with van der Waals surface area (Å²) in [6.07, 6.45) is -3.38. The van der Waals surface area contributed by atoms with Crippen molar-refractivity contribution >= 4 is 19.9 Å². The van der Waals surface area contributed by atoms with Crippen LogP contribution in [0.3, 0.4) is 0 Å². The number of nitrogens with zero attached hydrogens (tertiary/aromatic N) is 5. The minimum Gasteiger partial charge on any atom is -0.428 e. The minimum absolute atomic E-state index is 0.0560. The highest BCUT2D eigenvalue weighted by Crippen LogP contribution is 2.35. The van der Waals surface area contributed by atoms with Gasteiger partial charge in [0, 0.05) is 11.1 Å². The summed E-state index contributed by atoms with van der Waals surface area (Å²) < 4.78 is 10.6. The lowest BCUT2D eigenvalue weighted by Crippen LogP contribution is -2.35. The van der Waals surface area contributed by atoms with Crippen molar-refractivity contribution in [1.29, 1.82) is 0 Å². The zero-order valence-corrected chi connectivity index (χ0v) is 12.1. The molecule has 4 atom stereocenters. The Bertz CT molecular complexity index is 704. The molecule has 0 radical (unpaired) electrons. The average Bonchev–Trinajstić information content (AvgIpc) is 2.77. The summed E-state index contributed by atoms with van der Waals surface area (Å²) in [5, 5.41) is 13.4. The topological polar surface area (TPSA) is 206 Å². The number of nitrogen functional groups attached to an aromatic ring is 1. The smallest absolute Gasteiger partial charge is 0.385 e. The van der Waals surface area contributed by atoms with E-state index in [0.29, 0.717) is 0 Å². The lowest BCUT2D eigenvalue weighted by molar-refractivity contribution is -0.123. The van der Waals surface area contributed by atoms with Crippen LogP contribution in [-0.2, 0) is 9.47 Å². The molecule has 2 heterocycles. The van der Waals surface area contributed by atoms with E-state index < -0.39 is 44.4 Å². The third-order valence-corrected chi connectivity index (χ3v) is 3.32. The number of aromatic nitrogens is 2. The second-order valence-corrected chi connectivity index (χ2v) is 5.24. The molecule has 1 aliphatic heterocycles. The Morgan fingerprint density at radius 2 is 2.30 bits per heavy atom. The van der Waals surface area contributed by atoms with Crippen molar-refractivity contribution in [3.05, 3.63) is 33.2 Å². The minimum atomic E-state index is -3.05. The van der Waals surface area contributed by atoms with Crippen LogP contribution in [0.15, 0.2) is 22.2 Å². The van der Waals surface area contributed by atoms with Crippen molar-refractivity contribution in [1.82, 2.24) is 9.55 Å². The Labute approximate surface area is 128 Å². The van der Waals surface area contributed by atoms with Gasteiger partial charge in [0.2, 0.25) is 6.29 Å². The molecular weight excluding hydrogens is 335 g/mol. The van der Waals surface area contributed by atoms with Gasteiger partial charge in [-0.05, 0) is 11.6 Å².